The van der Waals surface area contributed by atoms with Gasteiger partial charge in [0.15, 0.2) is 5.76 Å². The Morgan fingerprint density at radius 2 is 1.79 bits per heavy atom. The van der Waals surface area contributed by atoms with Crippen LogP contribution in [-0.2, 0) is 10.0 Å². The van der Waals surface area contributed by atoms with E-state index in [1.807, 2.05) is 13.8 Å². The van der Waals surface area contributed by atoms with Gasteiger partial charge in [0.2, 0.25) is 15.8 Å². The molecule has 2 heterocycles. The maximum absolute atomic E-state index is 13.2. The summed E-state index contributed by atoms with van der Waals surface area (Å²) in [5, 5.41) is 0. The first-order valence-corrected chi connectivity index (χ1v) is 10.9. The molecule has 1 fully saturated rings. The number of allylic oxidation sites excluding steroid dienone is 1. The van der Waals surface area contributed by atoms with Crippen LogP contribution in [-0.4, -0.2) is 31.6 Å². The van der Waals surface area contributed by atoms with E-state index < -0.39 is 10.0 Å². The maximum Gasteiger partial charge on any atom is 0.243 e. The van der Waals surface area contributed by atoms with Crippen LogP contribution in [0.5, 0.6) is 0 Å². The van der Waals surface area contributed by atoms with Crippen LogP contribution in [0.4, 0.5) is 0 Å². The lowest BCUT2D eigenvalue weighted by Crippen LogP contribution is -2.45. The molecule has 0 unspecified atom stereocenters. The molecular formula is C22H21NO4S. The third kappa shape index (κ3) is 2.34. The van der Waals surface area contributed by atoms with E-state index in [4.69, 9.17) is 4.42 Å². The van der Waals surface area contributed by atoms with Crippen LogP contribution in [0, 0.1) is 12.3 Å². The minimum atomic E-state index is -3.62. The van der Waals surface area contributed by atoms with Gasteiger partial charge in [0.25, 0.3) is 0 Å². The monoisotopic (exact) mass is 395 g/mol. The molecule has 0 radical (unpaired) electrons. The lowest BCUT2D eigenvalue weighted by atomic mass is 9.64. The van der Waals surface area contributed by atoms with Gasteiger partial charge in [-0.1, -0.05) is 23.3 Å². The van der Waals surface area contributed by atoms with Crippen molar-refractivity contribution in [2.24, 2.45) is 5.41 Å². The van der Waals surface area contributed by atoms with Crippen LogP contribution in [0.15, 0.2) is 74.3 Å². The number of hydrogen-bond donors (Lipinski definition) is 0. The summed E-state index contributed by atoms with van der Waals surface area (Å²) >= 11 is 0. The van der Waals surface area contributed by atoms with Gasteiger partial charge in [0, 0.05) is 24.1 Å². The Labute approximate surface area is 164 Å². The highest BCUT2D eigenvalue weighted by Crippen LogP contribution is 2.69. The zero-order valence-electron chi connectivity index (χ0n) is 15.9. The Morgan fingerprint density at radius 1 is 1.07 bits per heavy atom. The van der Waals surface area contributed by atoms with Crippen molar-refractivity contribution in [3.8, 4) is 0 Å². The van der Waals surface area contributed by atoms with E-state index in [0.717, 1.165) is 35.1 Å². The highest BCUT2D eigenvalue weighted by molar-refractivity contribution is 7.89. The number of benzene rings is 1. The van der Waals surface area contributed by atoms with Crippen LogP contribution in [0.3, 0.4) is 0 Å². The van der Waals surface area contributed by atoms with Gasteiger partial charge in [-0.25, -0.2) is 8.42 Å². The third-order valence-corrected chi connectivity index (χ3v) is 7.92. The molecule has 1 saturated carbocycles. The summed E-state index contributed by atoms with van der Waals surface area (Å²) in [6.07, 6.45) is 3.40. The zero-order valence-corrected chi connectivity index (χ0v) is 16.7. The van der Waals surface area contributed by atoms with Crippen LogP contribution in [0.2, 0.25) is 0 Å². The second-order valence-corrected chi connectivity index (χ2v) is 9.92. The molecule has 0 N–H and O–H groups in total. The minimum absolute atomic E-state index is 0.108. The summed E-state index contributed by atoms with van der Waals surface area (Å²) in [5.41, 5.74) is 4.73. The fraction of sp³-hybridized carbons (Fsp3) is 0.318. The van der Waals surface area contributed by atoms with E-state index in [1.54, 1.807) is 36.4 Å². The number of carbonyl (C=O) groups is 1. The van der Waals surface area contributed by atoms with E-state index in [9.17, 15) is 13.2 Å². The first kappa shape index (κ1) is 17.6. The Hall–Kier alpha value is -2.44. The molecule has 144 valence electrons. The molecule has 0 saturated heterocycles. The van der Waals surface area contributed by atoms with Crippen LogP contribution in [0.25, 0.3) is 0 Å². The van der Waals surface area contributed by atoms with E-state index in [-0.39, 0.29) is 22.6 Å². The van der Waals surface area contributed by atoms with Crippen molar-refractivity contribution in [1.29, 1.82) is 0 Å². The highest BCUT2D eigenvalue weighted by Gasteiger charge is 2.62. The summed E-state index contributed by atoms with van der Waals surface area (Å²) in [4.78, 5) is 13.3. The van der Waals surface area contributed by atoms with Crippen molar-refractivity contribution in [3.63, 3.8) is 0 Å². The quantitative estimate of drug-likeness (QED) is 0.737. The third-order valence-electron chi connectivity index (χ3n) is 6.12. The summed E-state index contributed by atoms with van der Waals surface area (Å²) in [6, 6.07) is 10.3. The average Bonchev–Trinajstić information content (AvgIpc) is 3.28. The first-order valence-electron chi connectivity index (χ1n) is 9.44. The predicted molar refractivity (Wildman–Crippen MR) is 104 cm³/mol. The van der Waals surface area contributed by atoms with Gasteiger partial charge in [-0.05, 0) is 62.1 Å². The van der Waals surface area contributed by atoms with Gasteiger partial charge in [0.1, 0.15) is 0 Å². The van der Waals surface area contributed by atoms with Crippen molar-refractivity contribution >= 4 is 15.8 Å². The highest BCUT2D eigenvalue weighted by atomic mass is 32.2. The topological polar surface area (TPSA) is 67.6 Å². The van der Waals surface area contributed by atoms with Gasteiger partial charge in [-0.2, -0.15) is 4.31 Å². The van der Waals surface area contributed by atoms with Crippen molar-refractivity contribution in [1.82, 2.24) is 4.31 Å². The normalized spacial score (nSPS) is 20.9. The number of furan rings is 1. The molecule has 0 atom stereocenters. The average molecular weight is 395 g/mol. The molecule has 5 nitrogen and oxygen atoms in total. The number of sulfonamides is 1. The summed E-state index contributed by atoms with van der Waals surface area (Å²) in [5.74, 6) is 0.215. The molecule has 5 rings (SSSR count). The number of nitrogens with zero attached hydrogens (tertiary/aromatic N) is 1. The van der Waals surface area contributed by atoms with Gasteiger partial charge >= 0.3 is 0 Å². The van der Waals surface area contributed by atoms with Crippen molar-refractivity contribution in [3.05, 3.63) is 76.3 Å². The maximum atomic E-state index is 13.2. The molecule has 0 amide bonds. The lowest BCUT2D eigenvalue weighted by molar-refractivity contribution is 0.0984. The van der Waals surface area contributed by atoms with Gasteiger partial charge in [0.05, 0.1) is 11.2 Å². The Bertz CT molecular complexity index is 1150. The fourth-order valence-corrected chi connectivity index (χ4v) is 6.15. The molecule has 28 heavy (non-hydrogen) atoms. The van der Waals surface area contributed by atoms with Gasteiger partial charge in [-0.3, -0.25) is 4.79 Å². The summed E-state index contributed by atoms with van der Waals surface area (Å²) < 4.78 is 33.2. The number of carbonyl (C=O) groups excluding carboxylic acids is 1. The zero-order chi connectivity index (χ0) is 19.7. The molecule has 1 spiro atoms. The molecule has 2 aromatic rings. The Balaban J connectivity index is 1.56. The van der Waals surface area contributed by atoms with Gasteiger partial charge < -0.3 is 4.42 Å². The molecule has 1 aliphatic heterocycles. The van der Waals surface area contributed by atoms with Gasteiger partial charge in [-0.15, -0.1) is 0 Å². The van der Waals surface area contributed by atoms with Crippen LogP contribution in [0.1, 0.15) is 35.9 Å². The second kappa shape index (κ2) is 5.78. The number of rotatable bonds is 4. The molecule has 1 aromatic heterocycles. The standard InChI is InChI=1S/C22H21NO4S/c1-14-5-7-16(8-6-14)28(25,26)23-12-15(2)19-17(13-23)20(22(19)9-10-22)21(24)18-4-3-11-27-18/h3-8,11H,9-10,12-13H2,1-2H3. The number of Topliss-reactive ketones (excluding diaryl/α,β-unsaturated/α-hetero) is 1. The molecule has 3 aliphatic rings. The Morgan fingerprint density at radius 3 is 2.39 bits per heavy atom. The molecule has 1 aromatic carbocycles. The van der Waals surface area contributed by atoms with Crippen LogP contribution >= 0.6 is 0 Å². The van der Waals surface area contributed by atoms with E-state index in [2.05, 4.69) is 0 Å². The second-order valence-electron chi connectivity index (χ2n) is 7.98. The minimum Gasteiger partial charge on any atom is -0.461 e. The SMILES string of the molecule is CC1=C2C(=C(C(=O)c3ccco3)C23CC3)CN(S(=O)(=O)c2ccc(C)cc2)C1. The first-order chi connectivity index (χ1) is 13.3. The van der Waals surface area contributed by atoms with E-state index in [1.165, 1.54) is 16.1 Å². The van der Waals surface area contributed by atoms with Crippen LogP contribution < -0.4 is 0 Å². The Kier molecular flexibility index (Phi) is 3.64. The number of hydrogen-bond acceptors (Lipinski definition) is 4. The summed E-state index contributed by atoms with van der Waals surface area (Å²) in [7, 11) is -3.62. The fourth-order valence-electron chi connectivity index (χ4n) is 4.70. The smallest absolute Gasteiger partial charge is 0.243 e. The van der Waals surface area contributed by atoms with Crippen molar-refractivity contribution < 1.29 is 17.6 Å². The molecule has 6 heteroatoms. The van der Waals surface area contributed by atoms with E-state index >= 15 is 0 Å². The van der Waals surface area contributed by atoms with E-state index in [0.29, 0.717) is 12.3 Å². The molecule has 0 bridgehead atoms. The number of ketones is 1. The lowest BCUT2D eigenvalue weighted by Gasteiger charge is -2.44. The molecular weight excluding hydrogens is 374 g/mol. The molecule has 2 aliphatic carbocycles. The predicted octanol–water partition coefficient (Wildman–Crippen LogP) is 3.88. The number of aryl methyl sites for hydroxylation is 1. The van der Waals surface area contributed by atoms with Crippen molar-refractivity contribution in [2.45, 2.75) is 31.6 Å². The van der Waals surface area contributed by atoms with Crippen molar-refractivity contribution in [2.75, 3.05) is 13.1 Å². The number of fused-ring (bicyclic) bond motifs is 2. The summed E-state index contributed by atoms with van der Waals surface area (Å²) in [6.45, 7) is 4.53. The largest absolute Gasteiger partial charge is 0.461 e.